The number of hydrogen-bond acceptors (Lipinski definition) is 5. The molecule has 0 saturated carbocycles. The number of anilines is 1. The Kier molecular flexibility index (Phi) is 5.39. The number of β-amino-alcohol motifs (C(OH)–C–C–N with tert-alkyl or cyclic N) is 1. The number of methoxy groups -OCH3 is 1. The number of nitrogens with zero attached hydrogens (tertiary/aromatic N) is 1. The molecule has 1 aliphatic heterocycles. The molecule has 1 fully saturated rings. The standard InChI is InChI=1S/C15H19ClN2O4/c1-9-3-4-12(11(16)5-9)17-14(20)8-18-7-10(19)6-13(18)15(21)22-2/h3-5,10,13,19H,6-8H2,1-2H3,(H,17,20)/t10-,13+/m0/s1. The molecule has 1 saturated heterocycles. The third kappa shape index (κ3) is 3.97. The number of hydrogen-bond donors (Lipinski definition) is 2. The van der Waals surface area contributed by atoms with Gasteiger partial charge >= 0.3 is 5.97 Å². The molecule has 0 unspecified atom stereocenters. The largest absolute Gasteiger partial charge is 0.468 e. The summed E-state index contributed by atoms with van der Waals surface area (Å²) in [6, 6.07) is 4.73. The van der Waals surface area contributed by atoms with Gasteiger partial charge in [0.1, 0.15) is 6.04 Å². The van der Waals surface area contributed by atoms with Crippen LogP contribution in [0.25, 0.3) is 0 Å². The fourth-order valence-electron chi connectivity index (χ4n) is 2.53. The quantitative estimate of drug-likeness (QED) is 0.813. The third-order valence-corrected chi connectivity index (χ3v) is 3.91. The summed E-state index contributed by atoms with van der Waals surface area (Å²) in [4.78, 5) is 25.4. The van der Waals surface area contributed by atoms with Crippen molar-refractivity contribution in [2.24, 2.45) is 0 Å². The number of esters is 1. The fraction of sp³-hybridized carbons (Fsp3) is 0.467. The Morgan fingerprint density at radius 1 is 1.50 bits per heavy atom. The Balaban J connectivity index is 2.00. The van der Waals surface area contributed by atoms with Gasteiger partial charge in [-0.3, -0.25) is 14.5 Å². The van der Waals surface area contributed by atoms with Crippen molar-refractivity contribution in [2.45, 2.75) is 25.5 Å². The molecule has 2 atom stereocenters. The fourth-order valence-corrected chi connectivity index (χ4v) is 2.81. The lowest BCUT2D eigenvalue weighted by Gasteiger charge is -2.21. The second-order valence-corrected chi connectivity index (χ2v) is 5.80. The topological polar surface area (TPSA) is 78.9 Å². The Morgan fingerprint density at radius 2 is 2.23 bits per heavy atom. The smallest absolute Gasteiger partial charge is 0.323 e. The number of carbonyl (C=O) groups excluding carboxylic acids is 2. The summed E-state index contributed by atoms with van der Waals surface area (Å²) in [7, 11) is 1.29. The van der Waals surface area contributed by atoms with Crippen molar-refractivity contribution < 1.29 is 19.4 Å². The second-order valence-electron chi connectivity index (χ2n) is 5.39. The first-order valence-electron chi connectivity index (χ1n) is 6.96. The number of likely N-dealkylation sites (tertiary alicyclic amines) is 1. The number of rotatable bonds is 4. The minimum absolute atomic E-state index is 0.0129. The van der Waals surface area contributed by atoms with Crippen LogP contribution in [0.15, 0.2) is 18.2 Å². The van der Waals surface area contributed by atoms with E-state index in [0.717, 1.165) is 5.56 Å². The van der Waals surface area contributed by atoms with Crippen molar-refractivity contribution in [3.8, 4) is 0 Å². The lowest BCUT2D eigenvalue weighted by atomic mass is 10.2. The highest BCUT2D eigenvalue weighted by Gasteiger charge is 2.37. The zero-order valence-electron chi connectivity index (χ0n) is 12.5. The zero-order chi connectivity index (χ0) is 16.3. The number of amides is 1. The van der Waals surface area contributed by atoms with Gasteiger partial charge in [-0.15, -0.1) is 0 Å². The number of benzene rings is 1. The third-order valence-electron chi connectivity index (χ3n) is 3.60. The first-order chi connectivity index (χ1) is 10.4. The predicted molar refractivity (Wildman–Crippen MR) is 82.8 cm³/mol. The van der Waals surface area contributed by atoms with Crippen LogP contribution in [0.3, 0.4) is 0 Å². The van der Waals surface area contributed by atoms with E-state index in [1.54, 1.807) is 17.0 Å². The van der Waals surface area contributed by atoms with E-state index in [1.807, 2.05) is 13.0 Å². The van der Waals surface area contributed by atoms with Crippen LogP contribution in [-0.2, 0) is 14.3 Å². The highest BCUT2D eigenvalue weighted by atomic mass is 35.5. The van der Waals surface area contributed by atoms with Crippen LogP contribution in [0.2, 0.25) is 5.02 Å². The number of aliphatic hydroxyl groups is 1. The average molecular weight is 327 g/mol. The molecular weight excluding hydrogens is 308 g/mol. The first kappa shape index (κ1) is 16.7. The highest BCUT2D eigenvalue weighted by molar-refractivity contribution is 6.33. The minimum Gasteiger partial charge on any atom is -0.468 e. The van der Waals surface area contributed by atoms with Crippen molar-refractivity contribution in [3.63, 3.8) is 0 Å². The van der Waals surface area contributed by atoms with Gasteiger partial charge in [0.2, 0.25) is 5.91 Å². The maximum Gasteiger partial charge on any atom is 0.323 e. The molecule has 1 heterocycles. The summed E-state index contributed by atoms with van der Waals surface area (Å²) < 4.78 is 4.70. The van der Waals surface area contributed by atoms with Gasteiger partial charge in [-0.1, -0.05) is 17.7 Å². The van der Waals surface area contributed by atoms with E-state index >= 15 is 0 Å². The minimum atomic E-state index is -0.639. The van der Waals surface area contributed by atoms with Gasteiger partial charge in [-0.25, -0.2) is 0 Å². The molecule has 1 aromatic carbocycles. The maximum atomic E-state index is 12.1. The van der Waals surface area contributed by atoms with Crippen LogP contribution in [0, 0.1) is 6.92 Å². The van der Waals surface area contributed by atoms with E-state index < -0.39 is 18.1 Å². The van der Waals surface area contributed by atoms with Crippen LogP contribution < -0.4 is 5.32 Å². The van der Waals surface area contributed by atoms with Crippen molar-refractivity contribution >= 4 is 29.2 Å². The molecule has 1 aromatic rings. The molecule has 2 rings (SSSR count). The number of nitrogens with one attached hydrogen (secondary N) is 1. The van der Waals surface area contributed by atoms with E-state index in [-0.39, 0.29) is 25.4 Å². The summed E-state index contributed by atoms with van der Waals surface area (Å²) in [5, 5.41) is 12.9. The SMILES string of the molecule is COC(=O)[C@H]1C[C@H](O)CN1CC(=O)Nc1ccc(C)cc1Cl. The first-order valence-corrected chi connectivity index (χ1v) is 7.34. The molecule has 2 N–H and O–H groups in total. The highest BCUT2D eigenvalue weighted by Crippen LogP contribution is 2.23. The summed E-state index contributed by atoms with van der Waals surface area (Å²) in [6.45, 7) is 2.15. The van der Waals surface area contributed by atoms with Crippen LogP contribution in [0.5, 0.6) is 0 Å². The molecule has 120 valence electrons. The molecule has 0 spiro atoms. The lowest BCUT2D eigenvalue weighted by Crippen LogP contribution is -2.41. The van der Waals surface area contributed by atoms with E-state index in [9.17, 15) is 14.7 Å². The predicted octanol–water partition coefficient (Wildman–Crippen LogP) is 1.20. The van der Waals surface area contributed by atoms with Gasteiger partial charge in [0, 0.05) is 13.0 Å². The molecule has 1 amide bonds. The number of aliphatic hydroxyl groups excluding tert-OH is 1. The zero-order valence-corrected chi connectivity index (χ0v) is 13.3. The van der Waals surface area contributed by atoms with Gasteiger partial charge in [0.25, 0.3) is 0 Å². The Bertz CT molecular complexity index is 579. The monoisotopic (exact) mass is 326 g/mol. The summed E-state index contributed by atoms with van der Waals surface area (Å²) in [5.41, 5.74) is 1.52. The molecule has 22 heavy (non-hydrogen) atoms. The molecular formula is C15H19ClN2O4. The maximum absolute atomic E-state index is 12.1. The second kappa shape index (κ2) is 7.09. The van der Waals surface area contributed by atoms with Crippen LogP contribution >= 0.6 is 11.6 Å². The lowest BCUT2D eigenvalue weighted by molar-refractivity contribution is -0.146. The van der Waals surface area contributed by atoms with Crippen molar-refractivity contribution in [3.05, 3.63) is 28.8 Å². The van der Waals surface area contributed by atoms with Gasteiger partial charge in [-0.05, 0) is 24.6 Å². The normalized spacial score (nSPS) is 21.6. The van der Waals surface area contributed by atoms with Crippen molar-refractivity contribution in [1.82, 2.24) is 4.90 Å². The molecule has 1 aliphatic rings. The Hall–Kier alpha value is -1.63. The Labute approximate surface area is 134 Å². The summed E-state index contributed by atoms with van der Waals surface area (Å²) >= 11 is 6.07. The van der Waals surface area contributed by atoms with E-state index in [0.29, 0.717) is 10.7 Å². The Morgan fingerprint density at radius 3 is 2.86 bits per heavy atom. The average Bonchev–Trinajstić information content (AvgIpc) is 2.81. The number of ether oxygens (including phenoxy) is 1. The molecule has 7 heteroatoms. The number of halogens is 1. The molecule has 0 aromatic heterocycles. The summed E-state index contributed by atoms with van der Waals surface area (Å²) in [6.07, 6.45) is -0.370. The summed E-state index contributed by atoms with van der Waals surface area (Å²) in [5.74, 6) is -0.744. The van der Waals surface area contributed by atoms with Gasteiger partial charge in [0.15, 0.2) is 0 Å². The van der Waals surface area contributed by atoms with E-state index in [4.69, 9.17) is 16.3 Å². The van der Waals surface area contributed by atoms with E-state index in [2.05, 4.69) is 5.32 Å². The van der Waals surface area contributed by atoms with Crippen molar-refractivity contribution in [1.29, 1.82) is 0 Å². The van der Waals surface area contributed by atoms with Crippen LogP contribution in [-0.4, -0.2) is 54.2 Å². The molecule has 0 aliphatic carbocycles. The number of aryl methyl sites for hydroxylation is 1. The van der Waals surface area contributed by atoms with Crippen LogP contribution in [0.1, 0.15) is 12.0 Å². The number of carbonyl (C=O) groups is 2. The van der Waals surface area contributed by atoms with Gasteiger partial charge in [0.05, 0.1) is 30.5 Å². The van der Waals surface area contributed by atoms with Gasteiger partial charge < -0.3 is 15.2 Å². The van der Waals surface area contributed by atoms with Crippen LogP contribution in [0.4, 0.5) is 5.69 Å². The van der Waals surface area contributed by atoms with E-state index in [1.165, 1.54) is 7.11 Å². The van der Waals surface area contributed by atoms with Crippen molar-refractivity contribution in [2.75, 3.05) is 25.5 Å². The molecule has 6 nitrogen and oxygen atoms in total. The molecule has 0 radical (unpaired) electrons. The molecule has 0 bridgehead atoms. The van der Waals surface area contributed by atoms with Gasteiger partial charge in [-0.2, -0.15) is 0 Å².